The molecule has 2 aromatic carbocycles. The molecular weight excluding hydrogens is 458 g/mol. The number of hydrogen-bond donors (Lipinski definition) is 2. The average Bonchev–Trinajstić information content (AvgIpc) is 3.28. The summed E-state index contributed by atoms with van der Waals surface area (Å²) >= 11 is 1.53. The summed E-state index contributed by atoms with van der Waals surface area (Å²) in [5.74, 6) is 0.619. The fraction of sp³-hybridized carbons (Fsp3) is 0.360. The Bertz CT molecular complexity index is 1160. The van der Waals surface area contributed by atoms with Crippen molar-refractivity contribution in [2.45, 2.75) is 25.5 Å². The van der Waals surface area contributed by atoms with Crippen LogP contribution in [0.2, 0.25) is 0 Å². The predicted octanol–water partition coefficient (Wildman–Crippen LogP) is 4.67. The number of nitrogens with zero attached hydrogens (tertiary/aromatic N) is 1. The first kappa shape index (κ1) is 23.5. The molecule has 0 spiro atoms. The summed E-state index contributed by atoms with van der Waals surface area (Å²) in [5, 5.41) is 6.83. The van der Waals surface area contributed by atoms with Crippen LogP contribution in [0.1, 0.15) is 28.1 Å². The Morgan fingerprint density at radius 1 is 1.09 bits per heavy atom. The highest BCUT2D eigenvalue weighted by Gasteiger charge is 2.35. The van der Waals surface area contributed by atoms with Crippen LogP contribution < -0.4 is 10.6 Å². The van der Waals surface area contributed by atoms with Gasteiger partial charge in [-0.05, 0) is 60.0 Å². The number of rotatable bonds is 5. The molecule has 0 aliphatic carbocycles. The number of thiophene rings is 1. The molecule has 2 amide bonds. The summed E-state index contributed by atoms with van der Waals surface area (Å²) in [7, 11) is 1.54. The minimum absolute atomic E-state index is 0. The molecule has 174 valence electrons. The predicted molar refractivity (Wildman–Crippen MR) is 134 cm³/mol. The van der Waals surface area contributed by atoms with Crippen LogP contribution in [-0.4, -0.2) is 49.6 Å². The quantitative estimate of drug-likeness (QED) is 0.551. The third-order valence-electron chi connectivity index (χ3n) is 6.61. The number of halogens is 1. The largest absolute Gasteiger partial charge is 0.445 e. The Morgan fingerprint density at radius 3 is 2.58 bits per heavy atom. The molecule has 0 saturated carbocycles. The fourth-order valence-electron chi connectivity index (χ4n) is 4.88. The van der Waals surface area contributed by atoms with Crippen LogP contribution in [0.25, 0.3) is 21.2 Å². The van der Waals surface area contributed by atoms with Crippen LogP contribution in [0.15, 0.2) is 48.5 Å². The number of benzene rings is 2. The van der Waals surface area contributed by atoms with Gasteiger partial charge in [0.1, 0.15) is 6.61 Å². The SMILES string of the molecule is CNC(=O)OCc1ccccc1-c1cccc2cc(C(=O)NC3CN4CCC3CC4)sc12.Cl. The lowest BCUT2D eigenvalue weighted by molar-refractivity contribution is 0.0622. The van der Waals surface area contributed by atoms with Gasteiger partial charge in [-0.25, -0.2) is 4.79 Å². The van der Waals surface area contributed by atoms with Gasteiger partial charge in [-0.15, -0.1) is 23.7 Å². The van der Waals surface area contributed by atoms with Crippen LogP contribution in [0.5, 0.6) is 0 Å². The van der Waals surface area contributed by atoms with Crippen molar-refractivity contribution in [2.75, 3.05) is 26.7 Å². The van der Waals surface area contributed by atoms with Gasteiger partial charge in [-0.2, -0.15) is 0 Å². The first-order valence-electron chi connectivity index (χ1n) is 11.1. The fourth-order valence-corrected chi connectivity index (χ4v) is 5.97. The topological polar surface area (TPSA) is 70.7 Å². The van der Waals surface area contributed by atoms with Crippen LogP contribution in [0, 0.1) is 5.92 Å². The van der Waals surface area contributed by atoms with Gasteiger partial charge >= 0.3 is 6.09 Å². The number of piperidine rings is 3. The molecule has 6 rings (SSSR count). The van der Waals surface area contributed by atoms with E-state index in [1.54, 1.807) is 7.05 Å². The second-order valence-corrected chi connectivity index (χ2v) is 9.59. The second kappa shape index (κ2) is 10.1. The minimum atomic E-state index is -0.458. The van der Waals surface area contributed by atoms with E-state index in [2.05, 4.69) is 21.6 Å². The number of amides is 2. The number of hydrogen-bond acceptors (Lipinski definition) is 5. The molecule has 1 aromatic heterocycles. The van der Waals surface area contributed by atoms with Crippen LogP contribution in [0.3, 0.4) is 0 Å². The van der Waals surface area contributed by atoms with Gasteiger partial charge < -0.3 is 20.3 Å². The molecule has 6 nitrogen and oxygen atoms in total. The molecule has 2 bridgehead atoms. The molecule has 33 heavy (non-hydrogen) atoms. The maximum atomic E-state index is 13.1. The van der Waals surface area contributed by atoms with E-state index in [0.717, 1.165) is 51.3 Å². The normalized spacial score (nSPS) is 21.3. The highest BCUT2D eigenvalue weighted by atomic mass is 35.5. The van der Waals surface area contributed by atoms with Crippen molar-refractivity contribution in [2.24, 2.45) is 5.92 Å². The number of ether oxygens (including phenoxy) is 1. The summed E-state index contributed by atoms with van der Waals surface area (Å²) < 4.78 is 6.36. The van der Waals surface area contributed by atoms with Crippen molar-refractivity contribution in [3.8, 4) is 11.1 Å². The second-order valence-electron chi connectivity index (χ2n) is 8.54. The first-order valence-corrected chi connectivity index (χ1v) is 11.9. The molecule has 1 unspecified atom stereocenters. The number of fused-ring (bicyclic) bond motifs is 4. The first-order chi connectivity index (χ1) is 15.6. The lowest BCUT2D eigenvalue weighted by atomic mass is 9.84. The van der Waals surface area contributed by atoms with Crippen LogP contribution >= 0.6 is 23.7 Å². The highest BCUT2D eigenvalue weighted by molar-refractivity contribution is 7.21. The van der Waals surface area contributed by atoms with Gasteiger partial charge in [-0.3, -0.25) is 4.79 Å². The van der Waals surface area contributed by atoms with E-state index >= 15 is 0 Å². The van der Waals surface area contributed by atoms with Crippen molar-refractivity contribution in [1.82, 2.24) is 15.5 Å². The van der Waals surface area contributed by atoms with E-state index < -0.39 is 6.09 Å². The number of carbonyl (C=O) groups excluding carboxylic acids is 2. The van der Waals surface area contributed by atoms with E-state index in [9.17, 15) is 9.59 Å². The van der Waals surface area contributed by atoms with E-state index in [1.807, 2.05) is 42.5 Å². The summed E-state index contributed by atoms with van der Waals surface area (Å²) in [4.78, 5) is 27.8. The van der Waals surface area contributed by atoms with Crippen molar-refractivity contribution in [3.63, 3.8) is 0 Å². The molecule has 8 heteroatoms. The molecule has 3 aliphatic heterocycles. The number of alkyl carbamates (subject to hydrolysis) is 1. The smallest absolute Gasteiger partial charge is 0.407 e. The lowest BCUT2D eigenvalue weighted by Crippen LogP contribution is -2.57. The maximum absolute atomic E-state index is 13.1. The van der Waals surface area contributed by atoms with Crippen LogP contribution in [0.4, 0.5) is 4.79 Å². The Balaban J connectivity index is 0.00000259. The lowest BCUT2D eigenvalue weighted by Gasteiger charge is -2.44. The summed E-state index contributed by atoms with van der Waals surface area (Å²) in [6, 6.07) is 16.3. The number of nitrogens with one attached hydrogen (secondary N) is 2. The van der Waals surface area contributed by atoms with Crippen molar-refractivity contribution in [3.05, 3.63) is 59.0 Å². The molecule has 3 aromatic rings. The zero-order valence-corrected chi connectivity index (χ0v) is 20.1. The van der Waals surface area contributed by atoms with E-state index in [4.69, 9.17) is 4.74 Å². The zero-order valence-electron chi connectivity index (χ0n) is 18.5. The molecule has 3 saturated heterocycles. The third-order valence-corrected chi connectivity index (χ3v) is 7.79. The minimum Gasteiger partial charge on any atom is -0.445 e. The van der Waals surface area contributed by atoms with Gasteiger partial charge in [0.25, 0.3) is 5.91 Å². The van der Waals surface area contributed by atoms with Gasteiger partial charge in [0.15, 0.2) is 0 Å². The molecule has 3 aliphatic rings. The van der Waals surface area contributed by atoms with E-state index in [0.29, 0.717) is 5.92 Å². The Kier molecular flexibility index (Phi) is 7.22. The molecule has 4 heterocycles. The number of carbonyl (C=O) groups is 2. The van der Waals surface area contributed by atoms with Crippen molar-refractivity contribution < 1.29 is 14.3 Å². The highest BCUT2D eigenvalue weighted by Crippen LogP contribution is 2.37. The molecule has 0 radical (unpaired) electrons. The Hall–Kier alpha value is -2.61. The van der Waals surface area contributed by atoms with Crippen molar-refractivity contribution in [1.29, 1.82) is 0 Å². The summed E-state index contributed by atoms with van der Waals surface area (Å²) in [6.07, 6.45) is 1.90. The van der Waals surface area contributed by atoms with Gasteiger partial charge in [0.05, 0.1) is 4.88 Å². The van der Waals surface area contributed by atoms with Gasteiger partial charge in [0.2, 0.25) is 0 Å². The van der Waals surface area contributed by atoms with E-state index in [-0.39, 0.29) is 31.0 Å². The summed E-state index contributed by atoms with van der Waals surface area (Å²) in [5.41, 5.74) is 2.98. The van der Waals surface area contributed by atoms with Crippen LogP contribution in [-0.2, 0) is 11.3 Å². The average molecular weight is 486 g/mol. The van der Waals surface area contributed by atoms with E-state index in [1.165, 1.54) is 24.2 Å². The third kappa shape index (κ3) is 4.86. The zero-order chi connectivity index (χ0) is 22.1. The Morgan fingerprint density at radius 2 is 1.85 bits per heavy atom. The summed E-state index contributed by atoms with van der Waals surface area (Å²) in [6.45, 7) is 3.47. The molecule has 3 fully saturated rings. The molecular formula is C25H28ClN3O3S. The van der Waals surface area contributed by atoms with Crippen molar-refractivity contribution >= 4 is 45.8 Å². The van der Waals surface area contributed by atoms with Gasteiger partial charge in [-0.1, -0.05) is 42.5 Å². The monoisotopic (exact) mass is 485 g/mol. The van der Waals surface area contributed by atoms with Gasteiger partial charge in [0, 0.05) is 24.3 Å². The molecule has 1 atom stereocenters. The molecule has 2 N–H and O–H groups in total. The Labute approximate surface area is 203 Å². The standard InChI is InChI=1S/C25H27N3O3S.ClH/c1-26-25(30)31-15-18-5-2-3-7-19(18)20-8-4-6-17-13-22(32-23(17)20)24(29)27-21-14-28-11-9-16(21)10-12-28;/h2-8,13,16,21H,9-12,14-15H2,1H3,(H,26,30)(H,27,29);1H. The maximum Gasteiger partial charge on any atom is 0.407 e.